The molecule has 6 nitrogen and oxygen atoms in total. The van der Waals surface area contributed by atoms with E-state index >= 15 is 0 Å². The summed E-state index contributed by atoms with van der Waals surface area (Å²) in [5.41, 5.74) is 1.79. The molecule has 0 saturated carbocycles. The maximum absolute atomic E-state index is 11.9. The number of benzene rings is 2. The summed E-state index contributed by atoms with van der Waals surface area (Å²) >= 11 is 5.89. The van der Waals surface area contributed by atoms with E-state index in [0.29, 0.717) is 23.1 Å². The fourth-order valence-corrected chi connectivity index (χ4v) is 3.00. The SMILES string of the molecule is COc1cc(/C=N\OCC(=O)N2CCCC2)ccc1OCc1ccc(Cl)cc1. The number of carbonyl (C=O) groups is 1. The Morgan fingerprint density at radius 3 is 2.61 bits per heavy atom. The molecule has 2 aromatic carbocycles. The van der Waals surface area contributed by atoms with E-state index in [2.05, 4.69) is 5.16 Å². The second-order valence-corrected chi connectivity index (χ2v) is 6.86. The van der Waals surface area contributed by atoms with E-state index in [1.54, 1.807) is 24.3 Å². The maximum atomic E-state index is 11.9. The van der Waals surface area contributed by atoms with Gasteiger partial charge in [-0.25, -0.2) is 0 Å². The number of likely N-dealkylation sites (tertiary alicyclic amines) is 1. The fraction of sp³-hybridized carbons (Fsp3) is 0.333. The van der Waals surface area contributed by atoms with Crippen molar-refractivity contribution in [2.24, 2.45) is 5.16 Å². The van der Waals surface area contributed by atoms with Crippen LogP contribution in [0.4, 0.5) is 0 Å². The topological polar surface area (TPSA) is 60.4 Å². The summed E-state index contributed by atoms with van der Waals surface area (Å²) in [5, 5.41) is 4.57. The molecule has 148 valence electrons. The van der Waals surface area contributed by atoms with Crippen molar-refractivity contribution < 1.29 is 19.1 Å². The van der Waals surface area contributed by atoms with Crippen molar-refractivity contribution in [2.45, 2.75) is 19.4 Å². The van der Waals surface area contributed by atoms with Crippen molar-refractivity contribution in [3.8, 4) is 11.5 Å². The quantitative estimate of drug-likeness (QED) is 0.496. The van der Waals surface area contributed by atoms with Crippen molar-refractivity contribution >= 4 is 23.7 Å². The van der Waals surface area contributed by atoms with Crippen molar-refractivity contribution in [3.63, 3.8) is 0 Å². The minimum atomic E-state index is -0.0457. The molecule has 1 saturated heterocycles. The number of rotatable bonds is 8. The van der Waals surface area contributed by atoms with Gasteiger partial charge in [0.2, 0.25) is 0 Å². The van der Waals surface area contributed by atoms with Crippen LogP contribution in [0.5, 0.6) is 11.5 Å². The van der Waals surface area contributed by atoms with Crippen molar-refractivity contribution in [3.05, 3.63) is 58.6 Å². The molecule has 0 bridgehead atoms. The smallest absolute Gasteiger partial charge is 0.263 e. The molecule has 28 heavy (non-hydrogen) atoms. The molecule has 0 N–H and O–H groups in total. The number of hydrogen-bond donors (Lipinski definition) is 0. The Kier molecular flexibility index (Phi) is 7.14. The summed E-state index contributed by atoms with van der Waals surface area (Å²) in [7, 11) is 1.58. The highest BCUT2D eigenvalue weighted by Gasteiger charge is 2.17. The Balaban J connectivity index is 1.53. The first-order chi connectivity index (χ1) is 13.7. The van der Waals surface area contributed by atoms with Gasteiger partial charge in [-0.1, -0.05) is 28.9 Å². The molecule has 1 aliphatic heterocycles. The van der Waals surface area contributed by atoms with Gasteiger partial charge in [0.05, 0.1) is 13.3 Å². The molecule has 1 aliphatic rings. The number of halogens is 1. The van der Waals surface area contributed by atoms with Gasteiger partial charge in [-0.05, 0) is 48.7 Å². The van der Waals surface area contributed by atoms with Gasteiger partial charge in [-0.15, -0.1) is 0 Å². The predicted octanol–water partition coefficient (Wildman–Crippen LogP) is 3.90. The second-order valence-electron chi connectivity index (χ2n) is 6.42. The van der Waals surface area contributed by atoms with Gasteiger partial charge in [0, 0.05) is 23.7 Å². The van der Waals surface area contributed by atoms with Gasteiger partial charge in [0.1, 0.15) is 6.61 Å². The van der Waals surface area contributed by atoms with Crippen molar-refractivity contribution in [1.82, 2.24) is 4.90 Å². The van der Waals surface area contributed by atoms with Crippen LogP contribution in [0.2, 0.25) is 5.02 Å². The molecule has 2 aromatic rings. The standard InChI is InChI=1S/C21H23ClN2O4/c1-26-20-12-17(13-23-28-15-21(25)24-10-2-3-11-24)6-9-19(20)27-14-16-4-7-18(22)8-5-16/h4-9,12-13H,2-3,10-11,14-15H2,1H3/b23-13-. The van der Waals surface area contributed by atoms with Crippen LogP contribution in [-0.2, 0) is 16.2 Å². The Hall–Kier alpha value is -2.73. The van der Waals surface area contributed by atoms with Crippen LogP contribution in [-0.4, -0.2) is 43.8 Å². The summed E-state index contributed by atoms with van der Waals surface area (Å²) in [6.07, 6.45) is 3.66. The molecular formula is C21H23ClN2O4. The van der Waals surface area contributed by atoms with Crippen LogP contribution in [0.3, 0.4) is 0 Å². The molecule has 1 amide bonds. The summed E-state index contributed by atoms with van der Waals surface area (Å²) in [6.45, 7) is 1.97. The lowest BCUT2D eigenvalue weighted by molar-refractivity contribution is -0.134. The molecule has 0 aromatic heterocycles. The highest BCUT2D eigenvalue weighted by atomic mass is 35.5. The number of oxime groups is 1. The lowest BCUT2D eigenvalue weighted by atomic mass is 10.2. The molecule has 0 aliphatic carbocycles. The average molecular weight is 403 g/mol. The van der Waals surface area contributed by atoms with Gasteiger partial charge in [-0.3, -0.25) is 4.79 Å². The van der Waals surface area contributed by atoms with E-state index in [0.717, 1.165) is 37.1 Å². The minimum Gasteiger partial charge on any atom is -0.493 e. The van der Waals surface area contributed by atoms with Crippen LogP contribution in [0, 0.1) is 0 Å². The Morgan fingerprint density at radius 1 is 1.14 bits per heavy atom. The van der Waals surface area contributed by atoms with Crippen molar-refractivity contribution in [1.29, 1.82) is 0 Å². The molecule has 1 heterocycles. The van der Waals surface area contributed by atoms with E-state index in [1.165, 1.54) is 0 Å². The predicted molar refractivity (Wildman–Crippen MR) is 108 cm³/mol. The highest BCUT2D eigenvalue weighted by Crippen LogP contribution is 2.28. The molecule has 3 rings (SSSR count). The Bertz CT molecular complexity index is 818. The van der Waals surface area contributed by atoms with Gasteiger partial charge < -0.3 is 19.2 Å². The van der Waals surface area contributed by atoms with Gasteiger partial charge >= 0.3 is 0 Å². The van der Waals surface area contributed by atoms with E-state index in [4.69, 9.17) is 25.9 Å². The Labute approximate surface area is 169 Å². The molecule has 0 radical (unpaired) electrons. The first-order valence-electron chi connectivity index (χ1n) is 9.14. The molecule has 1 fully saturated rings. The second kappa shape index (κ2) is 9.99. The number of amides is 1. The van der Waals surface area contributed by atoms with E-state index in [-0.39, 0.29) is 12.5 Å². The van der Waals surface area contributed by atoms with Crippen LogP contribution in [0.25, 0.3) is 0 Å². The normalized spacial score (nSPS) is 13.7. The van der Waals surface area contributed by atoms with Gasteiger partial charge in [0.15, 0.2) is 18.1 Å². The third-order valence-electron chi connectivity index (χ3n) is 4.42. The van der Waals surface area contributed by atoms with E-state index in [1.807, 2.05) is 36.4 Å². The monoisotopic (exact) mass is 402 g/mol. The summed E-state index contributed by atoms with van der Waals surface area (Å²) in [5.74, 6) is 1.18. The molecule has 0 atom stereocenters. The number of hydrogen-bond acceptors (Lipinski definition) is 5. The average Bonchev–Trinajstić information content (AvgIpc) is 3.26. The summed E-state index contributed by atoms with van der Waals surface area (Å²) in [4.78, 5) is 18.8. The van der Waals surface area contributed by atoms with E-state index in [9.17, 15) is 4.79 Å². The number of carbonyl (C=O) groups excluding carboxylic acids is 1. The van der Waals surface area contributed by atoms with Crippen LogP contribution < -0.4 is 9.47 Å². The summed E-state index contributed by atoms with van der Waals surface area (Å²) < 4.78 is 11.2. The van der Waals surface area contributed by atoms with Gasteiger partial charge in [-0.2, -0.15) is 0 Å². The third-order valence-corrected chi connectivity index (χ3v) is 4.67. The molecule has 7 heteroatoms. The first kappa shape index (κ1) is 20.0. The molecular weight excluding hydrogens is 380 g/mol. The maximum Gasteiger partial charge on any atom is 0.263 e. The minimum absolute atomic E-state index is 0.0295. The zero-order valence-electron chi connectivity index (χ0n) is 15.8. The zero-order chi connectivity index (χ0) is 19.8. The number of ether oxygens (including phenoxy) is 2. The number of nitrogens with zero attached hydrogens (tertiary/aromatic N) is 2. The largest absolute Gasteiger partial charge is 0.493 e. The van der Waals surface area contributed by atoms with E-state index < -0.39 is 0 Å². The van der Waals surface area contributed by atoms with Crippen LogP contribution in [0.15, 0.2) is 47.6 Å². The molecule has 0 spiro atoms. The van der Waals surface area contributed by atoms with Crippen LogP contribution >= 0.6 is 11.6 Å². The summed E-state index contributed by atoms with van der Waals surface area (Å²) in [6, 6.07) is 12.9. The first-order valence-corrected chi connectivity index (χ1v) is 9.52. The van der Waals surface area contributed by atoms with Gasteiger partial charge in [0.25, 0.3) is 5.91 Å². The van der Waals surface area contributed by atoms with Crippen molar-refractivity contribution in [2.75, 3.05) is 26.8 Å². The fourth-order valence-electron chi connectivity index (χ4n) is 2.87. The Morgan fingerprint density at radius 2 is 1.89 bits per heavy atom. The van der Waals surface area contributed by atoms with Crippen LogP contribution in [0.1, 0.15) is 24.0 Å². The number of methoxy groups -OCH3 is 1. The zero-order valence-corrected chi connectivity index (χ0v) is 16.5. The lowest BCUT2D eigenvalue weighted by Crippen LogP contribution is -2.30. The highest BCUT2D eigenvalue weighted by molar-refractivity contribution is 6.30. The lowest BCUT2D eigenvalue weighted by Gasteiger charge is -2.13. The third kappa shape index (κ3) is 5.63. The molecule has 0 unspecified atom stereocenters.